The van der Waals surface area contributed by atoms with Crippen molar-refractivity contribution in [2.45, 2.75) is 11.8 Å². The van der Waals surface area contributed by atoms with Crippen LogP contribution in [-0.4, -0.2) is 18.0 Å². The maximum Gasteiger partial charge on any atom is 0.238 e. The molecule has 4 N–H and O–H groups in total. The van der Waals surface area contributed by atoms with E-state index in [9.17, 15) is 8.42 Å². The lowest BCUT2D eigenvalue weighted by Crippen LogP contribution is -2.13. The van der Waals surface area contributed by atoms with E-state index in [1.165, 1.54) is 18.2 Å². The van der Waals surface area contributed by atoms with Crippen molar-refractivity contribution >= 4 is 15.7 Å². The molecule has 0 aliphatic rings. The standard InChI is InChI=1S/C10H12N4O2S/c1-7-13-4-5-14(7)10-6-8(17(12,15)16)2-3-9(10)11/h2-6H,11H2,1H3,(H2,12,15,16). The molecule has 2 rings (SSSR count). The van der Waals surface area contributed by atoms with E-state index < -0.39 is 10.0 Å². The summed E-state index contributed by atoms with van der Waals surface area (Å²) in [5, 5.41) is 5.07. The Morgan fingerprint density at radius 3 is 2.59 bits per heavy atom. The molecule has 90 valence electrons. The molecule has 1 aromatic heterocycles. The lowest BCUT2D eigenvalue weighted by atomic mass is 10.2. The van der Waals surface area contributed by atoms with E-state index in [1.807, 2.05) is 0 Å². The van der Waals surface area contributed by atoms with E-state index in [-0.39, 0.29) is 4.90 Å². The van der Waals surface area contributed by atoms with Crippen LogP contribution in [0.25, 0.3) is 5.69 Å². The molecule has 0 atom stereocenters. The van der Waals surface area contributed by atoms with Crippen molar-refractivity contribution < 1.29 is 8.42 Å². The fraction of sp³-hybridized carbons (Fsp3) is 0.100. The van der Waals surface area contributed by atoms with Gasteiger partial charge in [-0.15, -0.1) is 0 Å². The lowest BCUT2D eigenvalue weighted by molar-refractivity contribution is 0.597. The zero-order chi connectivity index (χ0) is 12.6. The minimum atomic E-state index is -3.74. The number of aryl methyl sites for hydroxylation is 1. The summed E-state index contributed by atoms with van der Waals surface area (Å²) >= 11 is 0. The zero-order valence-corrected chi connectivity index (χ0v) is 9.98. The maximum atomic E-state index is 11.3. The summed E-state index contributed by atoms with van der Waals surface area (Å²) in [4.78, 5) is 4.08. The third-order valence-electron chi connectivity index (χ3n) is 2.42. The number of rotatable bonds is 2. The monoisotopic (exact) mass is 252 g/mol. The van der Waals surface area contributed by atoms with Crippen LogP contribution in [0, 0.1) is 6.92 Å². The molecule has 0 fully saturated rings. The second kappa shape index (κ2) is 3.86. The van der Waals surface area contributed by atoms with Gasteiger partial charge in [0.25, 0.3) is 0 Å². The summed E-state index contributed by atoms with van der Waals surface area (Å²) in [6, 6.07) is 4.31. The van der Waals surface area contributed by atoms with Gasteiger partial charge in [-0.05, 0) is 25.1 Å². The van der Waals surface area contributed by atoms with Gasteiger partial charge in [-0.25, -0.2) is 18.5 Å². The van der Waals surface area contributed by atoms with Crippen molar-refractivity contribution in [3.8, 4) is 5.69 Å². The molecule has 0 spiro atoms. The number of aromatic nitrogens is 2. The highest BCUT2D eigenvalue weighted by Gasteiger charge is 2.12. The number of hydrogen-bond donors (Lipinski definition) is 2. The van der Waals surface area contributed by atoms with E-state index in [2.05, 4.69) is 4.98 Å². The SMILES string of the molecule is Cc1nccn1-c1cc(S(N)(=O)=O)ccc1N. The highest BCUT2D eigenvalue weighted by molar-refractivity contribution is 7.89. The van der Waals surface area contributed by atoms with E-state index in [0.717, 1.165) is 0 Å². The van der Waals surface area contributed by atoms with Crippen LogP contribution in [0.5, 0.6) is 0 Å². The number of anilines is 1. The van der Waals surface area contributed by atoms with Crippen LogP contribution >= 0.6 is 0 Å². The molecule has 2 aromatic rings. The molecule has 7 heteroatoms. The Morgan fingerprint density at radius 2 is 2.06 bits per heavy atom. The minimum Gasteiger partial charge on any atom is -0.397 e. The van der Waals surface area contributed by atoms with E-state index in [0.29, 0.717) is 17.2 Å². The van der Waals surface area contributed by atoms with Gasteiger partial charge in [0.1, 0.15) is 5.82 Å². The smallest absolute Gasteiger partial charge is 0.238 e. The third-order valence-corrected chi connectivity index (χ3v) is 3.33. The number of sulfonamides is 1. The second-order valence-electron chi connectivity index (χ2n) is 3.61. The van der Waals surface area contributed by atoms with Crippen LogP contribution in [0.1, 0.15) is 5.82 Å². The zero-order valence-electron chi connectivity index (χ0n) is 9.16. The van der Waals surface area contributed by atoms with Gasteiger partial charge in [0.15, 0.2) is 0 Å². The normalized spacial score (nSPS) is 11.6. The molecule has 0 saturated heterocycles. The van der Waals surface area contributed by atoms with Gasteiger partial charge in [-0.2, -0.15) is 0 Å². The first-order valence-corrected chi connectivity index (χ1v) is 6.37. The Morgan fingerprint density at radius 1 is 1.35 bits per heavy atom. The number of imidazole rings is 1. The fourth-order valence-corrected chi connectivity index (χ4v) is 2.08. The third kappa shape index (κ3) is 2.15. The molecular formula is C10H12N4O2S. The Bertz CT molecular complexity index is 661. The van der Waals surface area contributed by atoms with Gasteiger partial charge in [-0.3, -0.25) is 0 Å². The van der Waals surface area contributed by atoms with Crippen LogP contribution in [0.4, 0.5) is 5.69 Å². The first-order valence-electron chi connectivity index (χ1n) is 4.82. The average molecular weight is 252 g/mol. The van der Waals surface area contributed by atoms with Crippen molar-refractivity contribution in [2.24, 2.45) is 5.14 Å². The van der Waals surface area contributed by atoms with E-state index >= 15 is 0 Å². The Kier molecular flexibility index (Phi) is 2.64. The predicted octanol–water partition coefficient (Wildman–Crippen LogP) is 0.410. The van der Waals surface area contributed by atoms with Crippen molar-refractivity contribution in [3.05, 3.63) is 36.4 Å². The topological polar surface area (TPSA) is 104 Å². The largest absolute Gasteiger partial charge is 0.397 e. The maximum absolute atomic E-state index is 11.3. The molecule has 0 radical (unpaired) electrons. The molecule has 0 amide bonds. The van der Waals surface area contributed by atoms with Crippen LogP contribution in [0.15, 0.2) is 35.5 Å². The molecule has 17 heavy (non-hydrogen) atoms. The van der Waals surface area contributed by atoms with Crippen LogP contribution in [0.3, 0.4) is 0 Å². The summed E-state index contributed by atoms with van der Waals surface area (Å²) in [5.41, 5.74) is 6.81. The van der Waals surface area contributed by atoms with E-state index in [1.54, 1.807) is 23.9 Å². The first-order chi connectivity index (χ1) is 7.89. The number of primary sulfonamides is 1. The quantitative estimate of drug-likeness (QED) is 0.755. The Hall–Kier alpha value is -1.86. The van der Waals surface area contributed by atoms with Gasteiger partial charge in [0, 0.05) is 12.4 Å². The lowest BCUT2D eigenvalue weighted by Gasteiger charge is -2.10. The average Bonchev–Trinajstić information content (AvgIpc) is 2.63. The summed E-state index contributed by atoms with van der Waals surface area (Å²) < 4.78 is 24.2. The number of nitrogen functional groups attached to an aromatic ring is 1. The molecular weight excluding hydrogens is 240 g/mol. The summed E-state index contributed by atoms with van der Waals surface area (Å²) in [6.07, 6.45) is 3.31. The Balaban J connectivity index is 2.67. The van der Waals surface area contributed by atoms with Crippen LogP contribution < -0.4 is 10.9 Å². The summed E-state index contributed by atoms with van der Waals surface area (Å²) in [7, 11) is -3.74. The number of hydrogen-bond acceptors (Lipinski definition) is 4. The summed E-state index contributed by atoms with van der Waals surface area (Å²) in [5.74, 6) is 0.711. The Labute approximate surface area is 98.9 Å². The highest BCUT2D eigenvalue weighted by atomic mass is 32.2. The summed E-state index contributed by atoms with van der Waals surface area (Å²) in [6.45, 7) is 1.79. The molecule has 0 bridgehead atoms. The fourth-order valence-electron chi connectivity index (χ4n) is 1.54. The molecule has 6 nitrogen and oxygen atoms in total. The molecule has 0 aliphatic carbocycles. The van der Waals surface area contributed by atoms with Gasteiger partial charge in [0.2, 0.25) is 10.0 Å². The number of nitrogens with zero attached hydrogens (tertiary/aromatic N) is 2. The van der Waals surface area contributed by atoms with Gasteiger partial charge < -0.3 is 10.3 Å². The van der Waals surface area contributed by atoms with Gasteiger partial charge in [-0.1, -0.05) is 0 Å². The van der Waals surface area contributed by atoms with Crippen LogP contribution in [-0.2, 0) is 10.0 Å². The van der Waals surface area contributed by atoms with Crippen molar-refractivity contribution in [3.63, 3.8) is 0 Å². The van der Waals surface area contributed by atoms with Gasteiger partial charge in [0.05, 0.1) is 16.3 Å². The molecule has 0 saturated carbocycles. The molecule has 0 unspecified atom stereocenters. The van der Waals surface area contributed by atoms with Crippen molar-refractivity contribution in [1.82, 2.24) is 9.55 Å². The molecule has 1 aromatic carbocycles. The number of nitrogens with two attached hydrogens (primary N) is 2. The molecule has 1 heterocycles. The highest BCUT2D eigenvalue weighted by Crippen LogP contribution is 2.22. The van der Waals surface area contributed by atoms with E-state index in [4.69, 9.17) is 10.9 Å². The van der Waals surface area contributed by atoms with Gasteiger partial charge >= 0.3 is 0 Å². The van der Waals surface area contributed by atoms with Crippen molar-refractivity contribution in [1.29, 1.82) is 0 Å². The second-order valence-corrected chi connectivity index (χ2v) is 5.17. The van der Waals surface area contributed by atoms with Crippen LogP contribution in [0.2, 0.25) is 0 Å². The van der Waals surface area contributed by atoms with Crippen molar-refractivity contribution in [2.75, 3.05) is 5.73 Å². The first kappa shape index (κ1) is 11.6. The minimum absolute atomic E-state index is 0.0230. The predicted molar refractivity (Wildman–Crippen MR) is 64.1 cm³/mol. The molecule has 0 aliphatic heterocycles. The number of benzene rings is 1.